The Morgan fingerprint density at radius 1 is 0.833 bits per heavy atom. The number of carboxylic acid groups (broad SMARTS) is 2. The average Bonchev–Trinajstić information content (AvgIpc) is 1.58. The zero-order chi connectivity index (χ0) is 8.15. The van der Waals surface area contributed by atoms with Crippen molar-refractivity contribution >= 4 is 18.5 Å². The SMILES string of the molecule is O=C([O-])OC(=O)OC(=O)[O-].[Rb+].[Rb+]. The second kappa shape index (κ2) is 10.9. The standard InChI is InChI=1S/C3H2O7.2Rb/c4-1(5)9-3(8)10-2(6)7;;/h(H,4,5)(H,6,7);;/q;2*+1/p-2. The zero-order valence-electron chi connectivity index (χ0n) is 6.36. The first-order valence-electron chi connectivity index (χ1n) is 1.84. The summed E-state index contributed by atoms with van der Waals surface area (Å²) in [6.07, 6.45) is -6.32. The molecule has 0 unspecified atom stereocenters. The van der Waals surface area contributed by atoms with Crippen LogP contribution in [0.15, 0.2) is 0 Å². The molecule has 0 fully saturated rings. The number of carbonyl (C=O) groups is 3. The van der Waals surface area contributed by atoms with E-state index in [1.807, 2.05) is 0 Å². The van der Waals surface area contributed by atoms with Crippen LogP contribution in [0.1, 0.15) is 0 Å². The second-order valence-corrected chi connectivity index (χ2v) is 0.954. The molecule has 0 bridgehead atoms. The monoisotopic (exact) mass is 318 g/mol. The Labute approximate surface area is 164 Å². The molecule has 0 aromatic heterocycles. The number of hydrogen-bond donors (Lipinski definition) is 0. The molecule has 0 rings (SSSR count). The van der Waals surface area contributed by atoms with Crippen molar-refractivity contribution in [1.29, 1.82) is 0 Å². The van der Waals surface area contributed by atoms with Crippen molar-refractivity contribution in [2.75, 3.05) is 0 Å². The van der Waals surface area contributed by atoms with Gasteiger partial charge in [0.1, 0.15) is 0 Å². The molecule has 0 aliphatic rings. The van der Waals surface area contributed by atoms with Crippen molar-refractivity contribution in [3.8, 4) is 0 Å². The van der Waals surface area contributed by atoms with E-state index in [9.17, 15) is 24.6 Å². The number of carbonyl (C=O) groups excluding carboxylic acids is 3. The van der Waals surface area contributed by atoms with Gasteiger partial charge in [-0.3, -0.25) is 0 Å². The predicted molar refractivity (Wildman–Crippen MR) is 18.4 cm³/mol. The van der Waals surface area contributed by atoms with Gasteiger partial charge >= 0.3 is 123 Å². The molecule has 7 nitrogen and oxygen atoms in total. The van der Waals surface area contributed by atoms with Crippen molar-refractivity contribution in [3.05, 3.63) is 0 Å². The summed E-state index contributed by atoms with van der Waals surface area (Å²) in [6, 6.07) is 0. The zero-order valence-corrected chi connectivity index (χ0v) is 16.2. The third-order valence-corrected chi connectivity index (χ3v) is 0.333. The van der Waals surface area contributed by atoms with Crippen LogP contribution in [0.25, 0.3) is 0 Å². The van der Waals surface area contributed by atoms with Gasteiger partial charge in [0.25, 0.3) is 12.3 Å². The molecule has 0 aliphatic heterocycles. The van der Waals surface area contributed by atoms with Crippen LogP contribution in [0.5, 0.6) is 0 Å². The molecule has 0 heterocycles. The summed E-state index contributed by atoms with van der Waals surface area (Å²) in [5.74, 6) is 0. The van der Waals surface area contributed by atoms with Crippen LogP contribution >= 0.6 is 0 Å². The van der Waals surface area contributed by atoms with Crippen LogP contribution in [0.2, 0.25) is 0 Å². The molecule has 0 saturated heterocycles. The summed E-state index contributed by atoms with van der Waals surface area (Å²) in [5, 5.41) is 18.7. The number of rotatable bonds is 0. The normalized spacial score (nSPS) is 6.67. The van der Waals surface area contributed by atoms with Gasteiger partial charge in [0.05, 0.1) is 0 Å². The fourth-order valence-electron chi connectivity index (χ4n) is 0.157. The topological polar surface area (TPSA) is 116 Å². The smallest absolute Gasteiger partial charge is 0.467 e. The summed E-state index contributed by atoms with van der Waals surface area (Å²) >= 11 is 0. The molecule has 0 radical (unpaired) electrons. The molecule has 0 N–H and O–H groups in total. The molecule has 0 saturated carbocycles. The molecule has 0 amide bonds. The van der Waals surface area contributed by atoms with E-state index < -0.39 is 18.5 Å². The van der Waals surface area contributed by atoms with Crippen molar-refractivity contribution in [2.24, 2.45) is 0 Å². The molecule has 56 valence electrons. The molecule has 0 aromatic rings. The molecule has 0 spiro atoms. The van der Waals surface area contributed by atoms with Crippen LogP contribution in [0.4, 0.5) is 14.4 Å². The summed E-state index contributed by atoms with van der Waals surface area (Å²) in [5.41, 5.74) is 0. The fourth-order valence-corrected chi connectivity index (χ4v) is 0.157. The predicted octanol–water partition coefficient (Wildman–Crippen LogP) is -8.17. The first kappa shape index (κ1) is 19.4. The van der Waals surface area contributed by atoms with E-state index in [0.29, 0.717) is 0 Å². The molecule has 9 heteroatoms. The van der Waals surface area contributed by atoms with Gasteiger partial charge in [-0.1, -0.05) is 0 Å². The molecule has 0 aromatic carbocycles. The minimum Gasteiger partial charge on any atom is -0.467 e. The number of hydrogen-bond acceptors (Lipinski definition) is 7. The van der Waals surface area contributed by atoms with Gasteiger partial charge in [0, 0.05) is 0 Å². The van der Waals surface area contributed by atoms with Crippen LogP contribution in [-0.2, 0) is 9.47 Å². The van der Waals surface area contributed by atoms with Gasteiger partial charge in [0.15, 0.2) is 0 Å². The Bertz CT molecular complexity index is 159. The van der Waals surface area contributed by atoms with Gasteiger partial charge in [-0.15, -0.1) is 0 Å². The Morgan fingerprint density at radius 3 is 1.25 bits per heavy atom. The second-order valence-electron chi connectivity index (χ2n) is 0.954. The van der Waals surface area contributed by atoms with Gasteiger partial charge in [0.2, 0.25) is 0 Å². The molecule has 12 heavy (non-hydrogen) atoms. The van der Waals surface area contributed by atoms with Gasteiger partial charge in [-0.05, 0) is 0 Å². The maximum absolute atomic E-state index is 9.78. The average molecular weight is 319 g/mol. The van der Waals surface area contributed by atoms with E-state index in [1.165, 1.54) is 0 Å². The third kappa shape index (κ3) is 14.4. The van der Waals surface area contributed by atoms with E-state index in [2.05, 4.69) is 9.47 Å². The Hall–Kier alpha value is 1.82. The largest absolute Gasteiger partial charge is 1.00 e. The number of ether oxygens (including phenoxy) is 2. The van der Waals surface area contributed by atoms with Crippen LogP contribution in [-0.4, -0.2) is 18.5 Å². The minimum absolute atomic E-state index is 0. The van der Waals surface area contributed by atoms with E-state index in [-0.39, 0.29) is 116 Å². The van der Waals surface area contributed by atoms with E-state index in [0.717, 1.165) is 0 Å². The maximum Gasteiger partial charge on any atom is 1.00 e. The Balaban J connectivity index is -0.000000405. The maximum atomic E-state index is 9.78. The van der Waals surface area contributed by atoms with Crippen molar-refractivity contribution in [1.82, 2.24) is 0 Å². The fraction of sp³-hybridized carbons (Fsp3) is 0. The molecule has 0 atom stereocenters. The van der Waals surface area contributed by atoms with E-state index >= 15 is 0 Å². The van der Waals surface area contributed by atoms with Crippen LogP contribution < -0.4 is 127 Å². The van der Waals surface area contributed by atoms with Crippen molar-refractivity contribution in [2.45, 2.75) is 0 Å². The van der Waals surface area contributed by atoms with Crippen LogP contribution in [0, 0.1) is 0 Å². The summed E-state index contributed by atoms with van der Waals surface area (Å²) in [4.78, 5) is 28.5. The molecular formula is C3O7Rb2. The Morgan fingerprint density at radius 2 is 1.08 bits per heavy atom. The third-order valence-electron chi connectivity index (χ3n) is 0.333. The first-order chi connectivity index (χ1) is 4.52. The van der Waals surface area contributed by atoms with Crippen molar-refractivity contribution < 1.29 is 150 Å². The minimum atomic E-state index is -2.20. The summed E-state index contributed by atoms with van der Waals surface area (Å²) in [6.45, 7) is 0. The van der Waals surface area contributed by atoms with Gasteiger partial charge in [-0.25, -0.2) is 4.79 Å². The Kier molecular flexibility index (Phi) is 17.6. The van der Waals surface area contributed by atoms with Gasteiger partial charge < -0.3 is 29.3 Å². The molecule has 0 aliphatic carbocycles. The van der Waals surface area contributed by atoms with Crippen LogP contribution in [0.3, 0.4) is 0 Å². The van der Waals surface area contributed by atoms with E-state index in [1.54, 1.807) is 0 Å². The summed E-state index contributed by atoms with van der Waals surface area (Å²) in [7, 11) is 0. The van der Waals surface area contributed by atoms with Gasteiger partial charge in [-0.2, -0.15) is 0 Å². The quantitative estimate of drug-likeness (QED) is 0.322. The first-order valence-corrected chi connectivity index (χ1v) is 1.84. The molecular weight excluding hydrogens is 319 g/mol. The van der Waals surface area contributed by atoms with Crippen molar-refractivity contribution in [3.63, 3.8) is 0 Å². The van der Waals surface area contributed by atoms with E-state index in [4.69, 9.17) is 0 Å². The summed E-state index contributed by atoms with van der Waals surface area (Å²) < 4.78 is 6.17.